The number of hydrogen-bond donors (Lipinski definition) is 1. The summed E-state index contributed by atoms with van der Waals surface area (Å²) >= 11 is 4.91. The van der Waals surface area contributed by atoms with Crippen molar-refractivity contribution in [3.05, 3.63) is 59.7 Å². The molecule has 0 fully saturated rings. The van der Waals surface area contributed by atoms with E-state index in [4.69, 9.17) is 27.4 Å². The molecule has 0 spiro atoms. The molecule has 19 heavy (non-hydrogen) atoms. The first-order chi connectivity index (χ1) is 9.20. The minimum Gasteiger partial charge on any atom is -0.493 e. The summed E-state index contributed by atoms with van der Waals surface area (Å²) in [4.78, 5) is 0.400. The fraction of sp³-hybridized carbons (Fsp3) is 0.133. The minimum absolute atomic E-state index is 0.400. The SMILES string of the molecule is COc1ccccc1OCc1ccc(C(N)=S)cc1. The number of benzene rings is 2. The van der Waals surface area contributed by atoms with Crippen LogP contribution in [0.5, 0.6) is 11.5 Å². The molecule has 0 aliphatic carbocycles. The molecule has 0 aliphatic rings. The van der Waals surface area contributed by atoms with Gasteiger partial charge >= 0.3 is 0 Å². The molecule has 2 aromatic rings. The van der Waals surface area contributed by atoms with Crippen LogP contribution < -0.4 is 15.2 Å². The van der Waals surface area contributed by atoms with Crippen LogP contribution in [0.15, 0.2) is 48.5 Å². The first-order valence-corrected chi connectivity index (χ1v) is 6.26. The highest BCUT2D eigenvalue weighted by molar-refractivity contribution is 7.80. The number of nitrogens with two attached hydrogens (primary N) is 1. The van der Waals surface area contributed by atoms with E-state index in [1.807, 2.05) is 48.5 Å². The maximum Gasteiger partial charge on any atom is 0.161 e. The van der Waals surface area contributed by atoms with Gasteiger partial charge in [0.05, 0.1) is 7.11 Å². The highest BCUT2D eigenvalue weighted by Gasteiger charge is 2.03. The number of methoxy groups -OCH3 is 1. The lowest BCUT2D eigenvalue weighted by atomic mass is 10.1. The molecule has 0 aromatic heterocycles. The average Bonchev–Trinajstić information content (AvgIpc) is 2.45. The van der Waals surface area contributed by atoms with Gasteiger partial charge in [0.2, 0.25) is 0 Å². The summed E-state index contributed by atoms with van der Waals surface area (Å²) in [5, 5.41) is 0. The minimum atomic E-state index is 0.400. The number of rotatable bonds is 5. The van der Waals surface area contributed by atoms with Gasteiger partial charge in [0.15, 0.2) is 11.5 Å². The van der Waals surface area contributed by atoms with E-state index in [-0.39, 0.29) is 0 Å². The number of ether oxygens (including phenoxy) is 2. The van der Waals surface area contributed by atoms with Crippen molar-refractivity contribution in [2.75, 3.05) is 7.11 Å². The van der Waals surface area contributed by atoms with Crippen LogP contribution in [0.4, 0.5) is 0 Å². The van der Waals surface area contributed by atoms with Crippen molar-refractivity contribution in [2.24, 2.45) is 5.73 Å². The lowest BCUT2D eigenvalue weighted by Crippen LogP contribution is -2.09. The number of thiocarbonyl (C=S) groups is 1. The summed E-state index contributed by atoms with van der Waals surface area (Å²) in [6.07, 6.45) is 0. The van der Waals surface area contributed by atoms with E-state index in [2.05, 4.69) is 0 Å². The Bertz CT molecular complexity index is 567. The largest absolute Gasteiger partial charge is 0.493 e. The standard InChI is InChI=1S/C15H15NO2S/c1-17-13-4-2-3-5-14(13)18-10-11-6-8-12(9-7-11)15(16)19/h2-9H,10H2,1H3,(H2,16,19). The second-order valence-corrected chi connectivity index (χ2v) is 4.44. The van der Waals surface area contributed by atoms with Crippen molar-refractivity contribution >= 4 is 17.2 Å². The van der Waals surface area contributed by atoms with Crippen LogP contribution in [-0.4, -0.2) is 12.1 Å². The monoisotopic (exact) mass is 273 g/mol. The Morgan fingerprint density at radius 2 is 1.68 bits per heavy atom. The average molecular weight is 273 g/mol. The third-order valence-electron chi connectivity index (χ3n) is 2.70. The molecule has 0 unspecified atom stereocenters. The molecule has 0 atom stereocenters. The van der Waals surface area contributed by atoms with E-state index in [1.54, 1.807) is 7.11 Å². The number of hydrogen-bond acceptors (Lipinski definition) is 3. The highest BCUT2D eigenvalue weighted by atomic mass is 32.1. The summed E-state index contributed by atoms with van der Waals surface area (Å²) in [6.45, 7) is 0.470. The molecule has 2 aromatic carbocycles. The van der Waals surface area contributed by atoms with Gasteiger partial charge in [-0.15, -0.1) is 0 Å². The van der Waals surface area contributed by atoms with Crippen LogP contribution >= 0.6 is 12.2 Å². The Balaban J connectivity index is 2.04. The first-order valence-electron chi connectivity index (χ1n) is 5.85. The second kappa shape index (κ2) is 6.20. The first kappa shape index (κ1) is 13.4. The van der Waals surface area contributed by atoms with Crippen LogP contribution in [0.25, 0.3) is 0 Å². The van der Waals surface area contributed by atoms with Gasteiger partial charge in [-0.2, -0.15) is 0 Å². The van der Waals surface area contributed by atoms with Crippen LogP contribution in [0, 0.1) is 0 Å². The second-order valence-electron chi connectivity index (χ2n) is 4.00. The molecule has 0 saturated heterocycles. The molecular formula is C15H15NO2S. The van der Waals surface area contributed by atoms with Gasteiger partial charge in [0, 0.05) is 5.56 Å². The molecular weight excluding hydrogens is 258 g/mol. The van der Waals surface area contributed by atoms with E-state index in [0.717, 1.165) is 22.6 Å². The summed E-state index contributed by atoms with van der Waals surface area (Å²) in [6, 6.07) is 15.2. The maximum absolute atomic E-state index is 5.73. The molecule has 3 nitrogen and oxygen atoms in total. The lowest BCUT2D eigenvalue weighted by molar-refractivity contribution is 0.284. The number of para-hydroxylation sites is 2. The van der Waals surface area contributed by atoms with Crippen molar-refractivity contribution < 1.29 is 9.47 Å². The van der Waals surface area contributed by atoms with Crippen molar-refractivity contribution in [3.8, 4) is 11.5 Å². The fourth-order valence-corrected chi connectivity index (χ4v) is 1.80. The van der Waals surface area contributed by atoms with E-state index in [0.29, 0.717) is 11.6 Å². The summed E-state index contributed by atoms with van der Waals surface area (Å²) in [5.74, 6) is 1.45. The normalized spacial score (nSPS) is 9.95. The van der Waals surface area contributed by atoms with Crippen LogP contribution in [-0.2, 0) is 6.61 Å². The topological polar surface area (TPSA) is 44.5 Å². The Labute approximate surface area is 118 Å². The zero-order valence-electron chi connectivity index (χ0n) is 10.6. The van der Waals surface area contributed by atoms with Gasteiger partial charge in [0.1, 0.15) is 11.6 Å². The molecule has 0 amide bonds. The molecule has 0 bridgehead atoms. The molecule has 0 radical (unpaired) electrons. The van der Waals surface area contributed by atoms with Gasteiger partial charge in [-0.1, -0.05) is 48.6 Å². The Hall–Kier alpha value is -2.07. The zero-order chi connectivity index (χ0) is 13.7. The van der Waals surface area contributed by atoms with Gasteiger partial charge in [-0.3, -0.25) is 0 Å². The summed E-state index contributed by atoms with van der Waals surface area (Å²) in [5.41, 5.74) is 7.45. The van der Waals surface area contributed by atoms with E-state index >= 15 is 0 Å². The Kier molecular flexibility index (Phi) is 4.36. The molecule has 0 aliphatic heterocycles. The van der Waals surface area contributed by atoms with E-state index in [1.165, 1.54) is 0 Å². The van der Waals surface area contributed by atoms with Crippen molar-refractivity contribution in [2.45, 2.75) is 6.61 Å². The third kappa shape index (κ3) is 3.45. The van der Waals surface area contributed by atoms with Crippen LogP contribution in [0.1, 0.15) is 11.1 Å². The molecule has 0 saturated carbocycles. The Morgan fingerprint density at radius 1 is 1.05 bits per heavy atom. The molecule has 2 rings (SSSR count). The predicted octanol–water partition coefficient (Wildman–Crippen LogP) is 2.91. The molecule has 4 heteroatoms. The summed E-state index contributed by atoms with van der Waals surface area (Å²) in [7, 11) is 1.62. The Morgan fingerprint density at radius 3 is 2.26 bits per heavy atom. The lowest BCUT2D eigenvalue weighted by Gasteiger charge is -2.10. The van der Waals surface area contributed by atoms with Crippen molar-refractivity contribution in [1.82, 2.24) is 0 Å². The summed E-state index contributed by atoms with van der Waals surface area (Å²) < 4.78 is 11.0. The maximum atomic E-state index is 5.73. The molecule has 98 valence electrons. The van der Waals surface area contributed by atoms with Crippen molar-refractivity contribution in [3.63, 3.8) is 0 Å². The third-order valence-corrected chi connectivity index (χ3v) is 2.94. The molecule has 0 heterocycles. The van der Waals surface area contributed by atoms with Gasteiger partial charge in [0.25, 0.3) is 0 Å². The predicted molar refractivity (Wildman–Crippen MR) is 79.7 cm³/mol. The fourth-order valence-electron chi connectivity index (χ4n) is 1.66. The van der Waals surface area contributed by atoms with E-state index in [9.17, 15) is 0 Å². The van der Waals surface area contributed by atoms with Crippen LogP contribution in [0.2, 0.25) is 0 Å². The van der Waals surface area contributed by atoms with Gasteiger partial charge < -0.3 is 15.2 Å². The van der Waals surface area contributed by atoms with E-state index < -0.39 is 0 Å². The smallest absolute Gasteiger partial charge is 0.161 e. The van der Waals surface area contributed by atoms with Gasteiger partial charge in [-0.25, -0.2) is 0 Å². The molecule has 2 N–H and O–H groups in total. The van der Waals surface area contributed by atoms with Crippen molar-refractivity contribution in [1.29, 1.82) is 0 Å². The zero-order valence-corrected chi connectivity index (χ0v) is 11.4. The highest BCUT2D eigenvalue weighted by Crippen LogP contribution is 2.26. The van der Waals surface area contributed by atoms with Gasteiger partial charge in [-0.05, 0) is 17.7 Å². The van der Waals surface area contributed by atoms with Crippen LogP contribution in [0.3, 0.4) is 0 Å². The quantitative estimate of drug-likeness (QED) is 0.851.